The first-order valence-electron chi connectivity index (χ1n) is 3.94. The minimum atomic E-state index is -2.63. The lowest BCUT2D eigenvalue weighted by atomic mass is 10.00. The Hall–Kier alpha value is -0.240. The van der Waals surface area contributed by atoms with Gasteiger partial charge in [-0.05, 0) is 0 Å². The Morgan fingerprint density at radius 3 is 2.25 bits per heavy atom. The summed E-state index contributed by atoms with van der Waals surface area (Å²) in [6, 6.07) is 0. The van der Waals surface area contributed by atoms with Gasteiger partial charge in [-0.15, -0.1) is 0 Å². The van der Waals surface area contributed by atoms with Crippen molar-refractivity contribution in [3.8, 4) is 0 Å². The molecule has 0 amide bonds. The average molecular weight is 181 g/mol. The van der Waals surface area contributed by atoms with E-state index >= 15 is 0 Å². The van der Waals surface area contributed by atoms with E-state index in [1.807, 2.05) is 0 Å². The largest absolute Gasteiger partial charge is 0.394 e. The van der Waals surface area contributed by atoms with Gasteiger partial charge in [-0.1, -0.05) is 0 Å². The molecule has 0 saturated carbocycles. The number of aliphatic hydroxyl groups excluding tert-OH is 4. The molecule has 1 rings (SSSR count). The second-order valence-electron chi connectivity index (χ2n) is 2.56. The SMILES string of the molecule is [2H][C@]1(O)[C@H](O)[C@@H](CO)O[C@H](O)[C@@H]1O. The van der Waals surface area contributed by atoms with Crippen LogP contribution in [0.5, 0.6) is 0 Å². The van der Waals surface area contributed by atoms with Crippen molar-refractivity contribution in [2.75, 3.05) is 6.61 Å². The Morgan fingerprint density at radius 1 is 1.17 bits per heavy atom. The quantitative estimate of drug-likeness (QED) is 0.291. The molecular weight excluding hydrogens is 168 g/mol. The molecule has 0 aromatic rings. The molecule has 1 aliphatic rings. The van der Waals surface area contributed by atoms with Crippen molar-refractivity contribution in [2.45, 2.75) is 30.7 Å². The predicted octanol–water partition coefficient (Wildman–Crippen LogP) is -3.22. The third-order valence-corrected chi connectivity index (χ3v) is 1.72. The van der Waals surface area contributed by atoms with Gasteiger partial charge in [0.1, 0.15) is 24.4 Å². The van der Waals surface area contributed by atoms with Gasteiger partial charge >= 0.3 is 0 Å². The van der Waals surface area contributed by atoms with Crippen molar-refractivity contribution in [1.82, 2.24) is 0 Å². The zero-order valence-corrected chi connectivity index (χ0v) is 6.16. The second kappa shape index (κ2) is 3.65. The molecule has 5 N–H and O–H groups in total. The topological polar surface area (TPSA) is 110 Å². The van der Waals surface area contributed by atoms with Crippen LogP contribution in [0.3, 0.4) is 0 Å². The monoisotopic (exact) mass is 181 g/mol. The molecule has 1 fully saturated rings. The van der Waals surface area contributed by atoms with Crippen LogP contribution in [-0.2, 0) is 4.74 Å². The maximum Gasteiger partial charge on any atom is 0.184 e. The Balaban J connectivity index is 2.82. The van der Waals surface area contributed by atoms with E-state index in [1.165, 1.54) is 0 Å². The van der Waals surface area contributed by atoms with Crippen molar-refractivity contribution >= 4 is 0 Å². The van der Waals surface area contributed by atoms with Crippen molar-refractivity contribution < 1.29 is 31.6 Å². The van der Waals surface area contributed by atoms with Crippen LogP contribution in [0.1, 0.15) is 1.37 Å². The molecule has 0 bridgehead atoms. The third-order valence-electron chi connectivity index (χ3n) is 1.72. The van der Waals surface area contributed by atoms with Crippen LogP contribution in [0.4, 0.5) is 0 Å². The molecule has 72 valence electrons. The molecule has 6 nitrogen and oxygen atoms in total. The summed E-state index contributed by atoms with van der Waals surface area (Å²) in [5, 5.41) is 45.0. The van der Waals surface area contributed by atoms with Crippen molar-refractivity contribution in [1.29, 1.82) is 0 Å². The van der Waals surface area contributed by atoms with Gasteiger partial charge in [0.05, 0.1) is 7.98 Å². The second-order valence-corrected chi connectivity index (χ2v) is 2.56. The van der Waals surface area contributed by atoms with Gasteiger partial charge in [0, 0.05) is 0 Å². The van der Waals surface area contributed by atoms with E-state index in [0.29, 0.717) is 0 Å². The van der Waals surface area contributed by atoms with Gasteiger partial charge < -0.3 is 30.3 Å². The highest BCUT2D eigenvalue weighted by Crippen LogP contribution is 2.18. The number of hydrogen-bond acceptors (Lipinski definition) is 6. The van der Waals surface area contributed by atoms with Gasteiger partial charge in [-0.25, -0.2) is 0 Å². The van der Waals surface area contributed by atoms with Gasteiger partial charge in [0.2, 0.25) is 0 Å². The first-order chi connectivity index (χ1) is 5.91. The zero-order chi connectivity index (χ0) is 10.2. The zero-order valence-electron chi connectivity index (χ0n) is 7.16. The van der Waals surface area contributed by atoms with Crippen molar-refractivity contribution in [3.05, 3.63) is 0 Å². The molecule has 1 saturated heterocycles. The smallest absolute Gasteiger partial charge is 0.184 e. The Labute approximate surface area is 70.0 Å². The van der Waals surface area contributed by atoms with Crippen molar-refractivity contribution in [3.63, 3.8) is 0 Å². The lowest BCUT2D eigenvalue weighted by Crippen LogP contribution is -2.58. The molecule has 0 aliphatic carbocycles. The van der Waals surface area contributed by atoms with Crippen LogP contribution in [0, 0.1) is 0 Å². The van der Waals surface area contributed by atoms with E-state index in [2.05, 4.69) is 4.74 Å². The normalized spacial score (nSPS) is 56.6. The van der Waals surface area contributed by atoms with Gasteiger partial charge in [-0.2, -0.15) is 0 Å². The highest BCUT2D eigenvalue weighted by molar-refractivity contribution is 4.87. The minimum Gasteiger partial charge on any atom is -0.394 e. The van der Waals surface area contributed by atoms with Crippen LogP contribution in [0.2, 0.25) is 0 Å². The molecular formula is C6H12O6. The van der Waals surface area contributed by atoms with E-state index in [1.54, 1.807) is 0 Å². The minimum absolute atomic E-state index is 0.661. The van der Waals surface area contributed by atoms with Gasteiger partial charge in [0.15, 0.2) is 6.29 Å². The van der Waals surface area contributed by atoms with E-state index in [-0.39, 0.29) is 0 Å². The van der Waals surface area contributed by atoms with Crippen molar-refractivity contribution in [2.24, 2.45) is 0 Å². The number of rotatable bonds is 1. The number of ether oxygens (including phenoxy) is 1. The summed E-state index contributed by atoms with van der Waals surface area (Å²) in [4.78, 5) is 0. The predicted molar refractivity (Wildman–Crippen MR) is 36.0 cm³/mol. The molecule has 12 heavy (non-hydrogen) atoms. The van der Waals surface area contributed by atoms with Crippen LogP contribution < -0.4 is 0 Å². The average Bonchev–Trinajstić information content (AvgIpc) is 2.09. The fourth-order valence-electron chi connectivity index (χ4n) is 0.982. The van der Waals surface area contributed by atoms with E-state index in [0.717, 1.165) is 0 Å². The summed E-state index contributed by atoms with van der Waals surface area (Å²) in [6.45, 7) is -0.661. The Morgan fingerprint density at radius 2 is 1.75 bits per heavy atom. The molecule has 5 atom stereocenters. The van der Waals surface area contributed by atoms with Gasteiger partial charge in [0.25, 0.3) is 0 Å². The van der Waals surface area contributed by atoms with Gasteiger partial charge in [-0.3, -0.25) is 0 Å². The number of aliphatic hydroxyl groups is 5. The van der Waals surface area contributed by atoms with E-state index in [4.69, 9.17) is 16.7 Å². The fraction of sp³-hybridized carbons (Fsp3) is 1.00. The summed E-state index contributed by atoms with van der Waals surface area (Å²) in [5.74, 6) is 0. The Bertz CT molecular complexity index is 186. The highest BCUT2D eigenvalue weighted by atomic mass is 16.6. The summed E-state index contributed by atoms with van der Waals surface area (Å²) in [6.07, 6.45) is -9.39. The maximum absolute atomic E-state index is 9.20. The molecule has 0 aromatic carbocycles. The molecule has 0 spiro atoms. The highest BCUT2D eigenvalue weighted by Gasteiger charge is 2.42. The van der Waals surface area contributed by atoms with E-state index in [9.17, 15) is 10.2 Å². The van der Waals surface area contributed by atoms with Crippen LogP contribution in [0.25, 0.3) is 0 Å². The molecule has 0 aromatic heterocycles. The first-order valence-corrected chi connectivity index (χ1v) is 3.44. The molecule has 6 heteroatoms. The molecule has 1 heterocycles. The van der Waals surface area contributed by atoms with Crippen LogP contribution >= 0.6 is 0 Å². The maximum atomic E-state index is 9.20. The first kappa shape index (κ1) is 8.36. The van der Waals surface area contributed by atoms with E-state index < -0.39 is 37.3 Å². The summed E-state index contributed by atoms with van der Waals surface area (Å²) < 4.78 is 11.6. The molecule has 0 radical (unpaired) electrons. The lowest BCUT2D eigenvalue weighted by molar-refractivity contribution is -0.286. The Kier molecular flexibility index (Phi) is 2.54. The fourth-order valence-corrected chi connectivity index (χ4v) is 0.982. The lowest BCUT2D eigenvalue weighted by Gasteiger charge is -2.37. The molecule has 0 unspecified atom stereocenters. The standard InChI is InChI=1S/C6H12O6/c7-1-2-3(8)4(9)5(10)6(11)12-2/h2-11H,1H2/t2-,3-,4+,5-,6+/m1/s1/i4D. The molecule has 1 aliphatic heterocycles. The third kappa shape index (κ3) is 1.58. The van der Waals surface area contributed by atoms with Crippen LogP contribution in [0.15, 0.2) is 0 Å². The van der Waals surface area contributed by atoms with Crippen LogP contribution in [-0.4, -0.2) is 62.8 Å². The summed E-state index contributed by atoms with van der Waals surface area (Å²) in [7, 11) is 0. The number of hydrogen-bond donors (Lipinski definition) is 5. The summed E-state index contributed by atoms with van der Waals surface area (Å²) >= 11 is 0. The summed E-state index contributed by atoms with van der Waals surface area (Å²) in [5.41, 5.74) is 0.